The molecule has 1 aromatic rings. The second kappa shape index (κ2) is 8.87. The Kier molecular flexibility index (Phi) is 7.43. The van der Waals surface area contributed by atoms with Gasteiger partial charge in [0.2, 0.25) is 0 Å². The number of hydrogen-bond acceptors (Lipinski definition) is 5. The van der Waals surface area contributed by atoms with Crippen LogP contribution in [0.4, 0.5) is 4.39 Å². The van der Waals surface area contributed by atoms with Crippen molar-refractivity contribution in [3.05, 3.63) is 24.0 Å². The van der Waals surface area contributed by atoms with Crippen LogP contribution in [-0.2, 0) is 9.47 Å². The van der Waals surface area contributed by atoms with E-state index in [0.717, 1.165) is 18.6 Å². The third-order valence-corrected chi connectivity index (χ3v) is 2.38. The highest BCUT2D eigenvalue weighted by atomic mass is 19.1. The molecule has 0 aliphatic carbocycles. The second-order valence-electron chi connectivity index (χ2n) is 3.86. The molecular weight excluding hydrogens is 254 g/mol. The van der Waals surface area contributed by atoms with E-state index in [2.05, 4.69) is 0 Å². The van der Waals surface area contributed by atoms with Crippen molar-refractivity contribution in [2.24, 2.45) is 0 Å². The van der Waals surface area contributed by atoms with Gasteiger partial charge in [0.15, 0.2) is 0 Å². The van der Waals surface area contributed by atoms with Crippen LogP contribution in [0.15, 0.2) is 18.2 Å². The molecular formula is C12H18BFO5. The Morgan fingerprint density at radius 1 is 1.16 bits per heavy atom. The summed E-state index contributed by atoms with van der Waals surface area (Å²) in [6, 6.07) is 3.53. The average Bonchev–Trinajstić information content (AvgIpc) is 2.37. The van der Waals surface area contributed by atoms with Crippen LogP contribution in [0.2, 0.25) is 0 Å². The van der Waals surface area contributed by atoms with Gasteiger partial charge in [-0.25, -0.2) is 4.39 Å². The number of methoxy groups -OCH3 is 1. The first-order chi connectivity index (χ1) is 9.15. The van der Waals surface area contributed by atoms with Crippen molar-refractivity contribution in [3.8, 4) is 5.75 Å². The third kappa shape index (κ3) is 6.02. The molecule has 0 heterocycles. The Labute approximate surface area is 112 Å². The van der Waals surface area contributed by atoms with Crippen molar-refractivity contribution in [2.45, 2.75) is 6.42 Å². The molecule has 19 heavy (non-hydrogen) atoms. The minimum atomic E-state index is -1.70. The van der Waals surface area contributed by atoms with Gasteiger partial charge in [-0.1, -0.05) is 6.07 Å². The second-order valence-corrected chi connectivity index (χ2v) is 3.86. The summed E-state index contributed by atoms with van der Waals surface area (Å²) in [4.78, 5) is 0. The maximum Gasteiger partial charge on any atom is 0.492 e. The molecule has 0 aliphatic heterocycles. The van der Waals surface area contributed by atoms with Crippen LogP contribution in [-0.4, -0.2) is 50.7 Å². The molecule has 1 rings (SSSR count). The summed E-state index contributed by atoms with van der Waals surface area (Å²) in [6.07, 6.45) is 0.789. The maximum absolute atomic E-state index is 13.0. The van der Waals surface area contributed by atoms with Crippen LogP contribution in [0.25, 0.3) is 0 Å². The highest BCUT2D eigenvalue weighted by Crippen LogP contribution is 2.10. The Morgan fingerprint density at radius 2 is 1.95 bits per heavy atom. The number of ether oxygens (including phenoxy) is 3. The Balaban J connectivity index is 2.34. The van der Waals surface area contributed by atoms with Gasteiger partial charge in [-0.2, -0.15) is 0 Å². The van der Waals surface area contributed by atoms with E-state index >= 15 is 0 Å². The van der Waals surface area contributed by atoms with Crippen LogP contribution < -0.4 is 10.2 Å². The van der Waals surface area contributed by atoms with Gasteiger partial charge in [0.25, 0.3) is 0 Å². The van der Waals surface area contributed by atoms with Gasteiger partial charge in [-0.05, 0) is 12.5 Å². The molecule has 0 amide bonds. The number of benzene rings is 1. The standard InChI is InChI=1S/C12H18BFO5/c1-17-5-2-6-18-7-8-19-12-9-10(14)3-4-11(12)13(15)16/h3-4,9,15-16H,2,5-8H2,1H3. The lowest BCUT2D eigenvalue weighted by molar-refractivity contribution is 0.0807. The van der Waals surface area contributed by atoms with Gasteiger partial charge in [0.1, 0.15) is 18.2 Å². The topological polar surface area (TPSA) is 68.2 Å². The zero-order valence-electron chi connectivity index (χ0n) is 10.8. The molecule has 0 radical (unpaired) electrons. The van der Waals surface area contributed by atoms with E-state index in [9.17, 15) is 4.39 Å². The quantitative estimate of drug-likeness (QED) is 0.487. The molecule has 1 aromatic carbocycles. The van der Waals surface area contributed by atoms with Crippen LogP contribution in [0.3, 0.4) is 0 Å². The van der Waals surface area contributed by atoms with Crippen molar-refractivity contribution in [1.82, 2.24) is 0 Å². The van der Waals surface area contributed by atoms with E-state index in [1.54, 1.807) is 7.11 Å². The minimum absolute atomic E-state index is 0.107. The molecule has 0 spiro atoms. The van der Waals surface area contributed by atoms with Gasteiger partial charge in [-0.15, -0.1) is 0 Å². The summed E-state index contributed by atoms with van der Waals surface area (Å²) in [5, 5.41) is 18.2. The van der Waals surface area contributed by atoms with E-state index in [1.165, 1.54) is 6.07 Å². The molecule has 0 saturated heterocycles. The molecule has 0 fully saturated rings. The van der Waals surface area contributed by atoms with Gasteiger partial charge in [0, 0.05) is 31.9 Å². The summed E-state index contributed by atoms with van der Waals surface area (Å²) < 4.78 is 28.4. The van der Waals surface area contributed by atoms with E-state index < -0.39 is 12.9 Å². The molecule has 0 atom stereocenters. The lowest BCUT2D eigenvalue weighted by atomic mass is 9.79. The molecule has 2 N–H and O–H groups in total. The zero-order chi connectivity index (χ0) is 14.1. The van der Waals surface area contributed by atoms with Crippen molar-refractivity contribution in [2.75, 3.05) is 33.5 Å². The van der Waals surface area contributed by atoms with Crippen molar-refractivity contribution in [1.29, 1.82) is 0 Å². The first kappa shape index (κ1) is 15.9. The predicted molar refractivity (Wildman–Crippen MR) is 69.0 cm³/mol. The van der Waals surface area contributed by atoms with Crippen LogP contribution in [0, 0.1) is 5.82 Å². The summed E-state index contributed by atoms with van der Waals surface area (Å²) in [6.45, 7) is 1.72. The van der Waals surface area contributed by atoms with Gasteiger partial charge < -0.3 is 24.3 Å². The highest BCUT2D eigenvalue weighted by Gasteiger charge is 2.17. The first-order valence-electron chi connectivity index (χ1n) is 6.00. The summed E-state index contributed by atoms with van der Waals surface area (Å²) in [5.74, 6) is -0.393. The molecule has 0 unspecified atom stereocenters. The Hall–Kier alpha value is -1.15. The number of halogens is 1. The lowest BCUT2D eigenvalue weighted by Gasteiger charge is -2.11. The van der Waals surface area contributed by atoms with E-state index in [4.69, 9.17) is 24.3 Å². The molecule has 106 valence electrons. The SMILES string of the molecule is COCCCOCCOc1cc(F)ccc1B(O)O. The molecule has 0 saturated carbocycles. The van der Waals surface area contributed by atoms with Crippen LogP contribution >= 0.6 is 0 Å². The largest absolute Gasteiger partial charge is 0.492 e. The van der Waals surface area contributed by atoms with Crippen LogP contribution in [0.1, 0.15) is 6.42 Å². The Morgan fingerprint density at radius 3 is 2.63 bits per heavy atom. The van der Waals surface area contributed by atoms with Crippen molar-refractivity contribution < 1.29 is 28.6 Å². The maximum atomic E-state index is 13.0. The Bertz CT molecular complexity index is 375. The fourth-order valence-corrected chi connectivity index (χ4v) is 1.46. The lowest BCUT2D eigenvalue weighted by Crippen LogP contribution is -2.32. The van der Waals surface area contributed by atoms with Gasteiger partial charge in [-0.3, -0.25) is 0 Å². The zero-order valence-corrected chi connectivity index (χ0v) is 10.8. The van der Waals surface area contributed by atoms with E-state index in [0.29, 0.717) is 19.8 Å². The summed E-state index contributed by atoms with van der Waals surface area (Å²) >= 11 is 0. The minimum Gasteiger partial charge on any atom is -0.491 e. The number of hydrogen-bond donors (Lipinski definition) is 2. The fourth-order valence-electron chi connectivity index (χ4n) is 1.46. The molecule has 0 aliphatic rings. The van der Waals surface area contributed by atoms with Gasteiger partial charge >= 0.3 is 7.12 Å². The summed E-state index contributed by atoms with van der Waals surface area (Å²) in [5.41, 5.74) is 0.126. The smallest absolute Gasteiger partial charge is 0.491 e. The van der Waals surface area contributed by atoms with E-state index in [1.807, 2.05) is 0 Å². The normalized spacial score (nSPS) is 10.5. The van der Waals surface area contributed by atoms with Crippen LogP contribution in [0.5, 0.6) is 5.75 Å². The monoisotopic (exact) mass is 272 g/mol. The molecule has 7 heteroatoms. The average molecular weight is 272 g/mol. The third-order valence-electron chi connectivity index (χ3n) is 2.38. The van der Waals surface area contributed by atoms with E-state index in [-0.39, 0.29) is 17.8 Å². The molecule has 0 bridgehead atoms. The predicted octanol–water partition coefficient (Wildman–Crippen LogP) is -0.0626. The van der Waals surface area contributed by atoms with Crippen molar-refractivity contribution in [3.63, 3.8) is 0 Å². The molecule has 0 aromatic heterocycles. The first-order valence-corrected chi connectivity index (χ1v) is 6.00. The highest BCUT2D eigenvalue weighted by molar-refractivity contribution is 6.59. The summed E-state index contributed by atoms with van der Waals surface area (Å²) in [7, 11) is -0.0763. The molecule has 5 nitrogen and oxygen atoms in total. The fraction of sp³-hybridized carbons (Fsp3) is 0.500. The van der Waals surface area contributed by atoms with Gasteiger partial charge in [0.05, 0.1) is 6.61 Å². The number of rotatable bonds is 9. The van der Waals surface area contributed by atoms with Crippen molar-refractivity contribution >= 4 is 12.6 Å².